The lowest BCUT2D eigenvalue weighted by Gasteiger charge is -1.91. The Kier molecular flexibility index (Phi) is 2.84. The molecule has 4 heteroatoms. The van der Waals surface area contributed by atoms with Crippen LogP contribution in [-0.2, 0) is 0 Å². The van der Waals surface area contributed by atoms with Gasteiger partial charge in [0.2, 0.25) is 0 Å². The van der Waals surface area contributed by atoms with Crippen LogP contribution in [0.5, 0.6) is 0 Å². The van der Waals surface area contributed by atoms with E-state index < -0.39 is 0 Å². The highest BCUT2D eigenvalue weighted by atomic mass is 79.9. The van der Waals surface area contributed by atoms with Crippen LogP contribution in [0, 0.1) is 0 Å². The molecule has 1 heterocycles. The van der Waals surface area contributed by atoms with E-state index in [9.17, 15) is 4.79 Å². The van der Waals surface area contributed by atoms with Gasteiger partial charge < -0.3 is 10.2 Å². The molecule has 0 spiro atoms. The third-order valence-corrected chi connectivity index (χ3v) is 1.65. The van der Waals surface area contributed by atoms with Crippen molar-refractivity contribution in [3.05, 3.63) is 22.6 Å². The highest BCUT2D eigenvalue weighted by Gasteiger charge is 2.08. The predicted octanol–water partition coefficient (Wildman–Crippen LogP) is 1.57. The van der Waals surface area contributed by atoms with E-state index in [1.54, 1.807) is 12.1 Å². The van der Waals surface area contributed by atoms with E-state index in [2.05, 4.69) is 15.9 Å². The third-order valence-electron chi connectivity index (χ3n) is 1.22. The Morgan fingerprint density at radius 1 is 1.64 bits per heavy atom. The fourth-order valence-electron chi connectivity index (χ4n) is 0.718. The maximum Gasteiger partial charge on any atom is 0.199 e. The molecule has 1 rings (SSSR count). The molecule has 2 N–H and O–H groups in total. The normalized spacial score (nSPS) is 10.0. The maximum absolute atomic E-state index is 11.1. The predicted molar refractivity (Wildman–Crippen MR) is 44.4 cm³/mol. The van der Waals surface area contributed by atoms with E-state index in [0.29, 0.717) is 23.4 Å². The molecule has 0 bridgehead atoms. The van der Waals surface area contributed by atoms with Crippen LogP contribution in [0.3, 0.4) is 0 Å². The van der Waals surface area contributed by atoms with Gasteiger partial charge in [-0.2, -0.15) is 0 Å². The van der Waals surface area contributed by atoms with Gasteiger partial charge >= 0.3 is 0 Å². The van der Waals surface area contributed by atoms with Crippen molar-refractivity contribution in [3.8, 4) is 0 Å². The lowest BCUT2D eigenvalue weighted by atomic mass is 10.2. The van der Waals surface area contributed by atoms with Crippen molar-refractivity contribution in [1.82, 2.24) is 0 Å². The highest BCUT2D eigenvalue weighted by molar-refractivity contribution is 9.10. The molecular formula is C7H8BrNO2. The Morgan fingerprint density at radius 2 is 2.36 bits per heavy atom. The average molecular weight is 218 g/mol. The molecule has 0 radical (unpaired) electrons. The summed E-state index contributed by atoms with van der Waals surface area (Å²) in [4.78, 5) is 11.1. The van der Waals surface area contributed by atoms with Crippen LogP contribution >= 0.6 is 15.9 Å². The van der Waals surface area contributed by atoms with Crippen molar-refractivity contribution >= 4 is 21.7 Å². The summed E-state index contributed by atoms with van der Waals surface area (Å²) in [6.07, 6.45) is 0.333. The van der Waals surface area contributed by atoms with E-state index in [1.807, 2.05) is 0 Å². The number of hydrogen-bond acceptors (Lipinski definition) is 3. The number of nitrogens with two attached hydrogens (primary N) is 1. The van der Waals surface area contributed by atoms with E-state index in [-0.39, 0.29) is 5.78 Å². The Bertz CT molecular complexity index is 257. The van der Waals surface area contributed by atoms with Gasteiger partial charge in [-0.25, -0.2) is 0 Å². The zero-order chi connectivity index (χ0) is 8.27. The Hall–Kier alpha value is -0.610. The third kappa shape index (κ3) is 2.17. The molecule has 0 amide bonds. The fourth-order valence-corrected chi connectivity index (χ4v) is 1.03. The summed E-state index contributed by atoms with van der Waals surface area (Å²) in [6.45, 7) is 0.358. The Morgan fingerprint density at radius 3 is 2.82 bits per heavy atom. The van der Waals surface area contributed by atoms with Crippen LogP contribution in [0.4, 0.5) is 0 Å². The lowest BCUT2D eigenvalue weighted by molar-refractivity contribution is 0.0957. The van der Waals surface area contributed by atoms with Gasteiger partial charge in [0.05, 0.1) is 0 Å². The average Bonchev–Trinajstić information content (AvgIpc) is 2.36. The molecule has 0 aliphatic heterocycles. The van der Waals surface area contributed by atoms with Crippen LogP contribution < -0.4 is 5.73 Å². The molecule has 11 heavy (non-hydrogen) atoms. The van der Waals surface area contributed by atoms with Crippen LogP contribution in [0.25, 0.3) is 0 Å². The van der Waals surface area contributed by atoms with Crippen molar-refractivity contribution in [3.63, 3.8) is 0 Å². The fraction of sp³-hybridized carbons (Fsp3) is 0.286. The van der Waals surface area contributed by atoms with Crippen LogP contribution in [-0.4, -0.2) is 12.3 Å². The minimum Gasteiger partial charge on any atom is -0.446 e. The summed E-state index contributed by atoms with van der Waals surface area (Å²) in [5.74, 6) is 0.306. The summed E-state index contributed by atoms with van der Waals surface area (Å²) in [5.41, 5.74) is 5.20. The van der Waals surface area contributed by atoms with Gasteiger partial charge in [0, 0.05) is 6.42 Å². The molecule has 0 atom stereocenters. The first-order valence-electron chi connectivity index (χ1n) is 3.22. The maximum atomic E-state index is 11.1. The monoisotopic (exact) mass is 217 g/mol. The van der Waals surface area contributed by atoms with Crippen LogP contribution in [0.2, 0.25) is 0 Å². The molecule has 0 saturated carbocycles. The highest BCUT2D eigenvalue weighted by Crippen LogP contribution is 2.14. The van der Waals surface area contributed by atoms with Crippen molar-refractivity contribution in [1.29, 1.82) is 0 Å². The molecule has 0 aromatic carbocycles. The van der Waals surface area contributed by atoms with Gasteiger partial charge in [0.25, 0.3) is 0 Å². The molecule has 60 valence electrons. The first kappa shape index (κ1) is 8.49. The number of halogens is 1. The minimum atomic E-state index is -0.0572. The molecule has 0 saturated heterocycles. The molecular weight excluding hydrogens is 210 g/mol. The van der Waals surface area contributed by atoms with Crippen molar-refractivity contribution in [2.24, 2.45) is 5.73 Å². The van der Waals surface area contributed by atoms with Gasteiger partial charge in [0.15, 0.2) is 16.2 Å². The van der Waals surface area contributed by atoms with Gasteiger partial charge in [-0.05, 0) is 34.6 Å². The molecule has 0 aliphatic rings. The first-order chi connectivity index (χ1) is 5.24. The Balaban J connectivity index is 2.69. The second-order valence-electron chi connectivity index (χ2n) is 2.07. The molecule has 0 unspecified atom stereocenters. The van der Waals surface area contributed by atoms with Crippen LogP contribution in [0.15, 0.2) is 21.2 Å². The van der Waals surface area contributed by atoms with Gasteiger partial charge in [-0.3, -0.25) is 4.79 Å². The number of hydrogen-bond donors (Lipinski definition) is 1. The standard InChI is InChI=1S/C7H8BrNO2/c8-7-2-1-6(11-7)5(10)3-4-9/h1-2H,3-4,9H2. The second-order valence-corrected chi connectivity index (χ2v) is 2.85. The van der Waals surface area contributed by atoms with E-state index in [1.165, 1.54) is 0 Å². The molecule has 1 aromatic heterocycles. The number of ketones is 1. The number of furan rings is 1. The number of Topliss-reactive ketones (excluding diaryl/α,β-unsaturated/α-hetero) is 1. The number of rotatable bonds is 3. The molecule has 3 nitrogen and oxygen atoms in total. The zero-order valence-electron chi connectivity index (χ0n) is 5.84. The van der Waals surface area contributed by atoms with Crippen molar-refractivity contribution < 1.29 is 9.21 Å². The summed E-state index contributed by atoms with van der Waals surface area (Å²) in [7, 11) is 0. The summed E-state index contributed by atoms with van der Waals surface area (Å²) in [6, 6.07) is 3.31. The lowest BCUT2D eigenvalue weighted by Crippen LogP contribution is -2.06. The van der Waals surface area contributed by atoms with Gasteiger partial charge in [-0.1, -0.05) is 0 Å². The van der Waals surface area contributed by atoms with Crippen molar-refractivity contribution in [2.45, 2.75) is 6.42 Å². The van der Waals surface area contributed by atoms with E-state index in [4.69, 9.17) is 10.2 Å². The summed E-state index contributed by atoms with van der Waals surface area (Å²) < 4.78 is 5.58. The summed E-state index contributed by atoms with van der Waals surface area (Å²) in [5, 5.41) is 0. The second kappa shape index (κ2) is 3.69. The number of carbonyl (C=O) groups is 1. The smallest absolute Gasteiger partial charge is 0.199 e. The van der Waals surface area contributed by atoms with Gasteiger partial charge in [-0.15, -0.1) is 0 Å². The summed E-state index contributed by atoms with van der Waals surface area (Å²) >= 11 is 3.10. The van der Waals surface area contributed by atoms with Crippen LogP contribution in [0.1, 0.15) is 17.0 Å². The quantitative estimate of drug-likeness (QED) is 0.783. The largest absolute Gasteiger partial charge is 0.446 e. The number of carbonyl (C=O) groups excluding carboxylic acids is 1. The molecule has 0 aliphatic carbocycles. The van der Waals surface area contributed by atoms with E-state index >= 15 is 0 Å². The van der Waals surface area contributed by atoms with Gasteiger partial charge in [0.1, 0.15) is 0 Å². The zero-order valence-corrected chi connectivity index (χ0v) is 7.43. The minimum absolute atomic E-state index is 0.0572. The van der Waals surface area contributed by atoms with E-state index in [0.717, 1.165) is 0 Å². The molecule has 0 fully saturated rings. The SMILES string of the molecule is NCCC(=O)c1ccc(Br)o1. The van der Waals surface area contributed by atoms with Crippen molar-refractivity contribution in [2.75, 3.05) is 6.54 Å². The Labute approximate surface area is 72.7 Å². The topological polar surface area (TPSA) is 56.2 Å². The molecule has 1 aromatic rings. The first-order valence-corrected chi connectivity index (χ1v) is 4.02.